The third kappa shape index (κ3) is 4.74. The maximum absolute atomic E-state index is 12.1. The summed E-state index contributed by atoms with van der Waals surface area (Å²) in [6, 6.07) is -0.577. The van der Waals surface area contributed by atoms with E-state index in [1.807, 2.05) is 6.92 Å². The molecule has 1 atom stereocenters. The van der Waals surface area contributed by atoms with Crippen molar-refractivity contribution in [1.82, 2.24) is 9.80 Å². The SMILES string of the molecule is CCC1CN(C(=O)N(CC(=O)O)CC(=O)O)CCO1. The topological polar surface area (TPSA) is 107 Å². The standard InChI is InChI=1S/C11H18N2O6/c1-2-8-5-12(3-4-19-8)11(18)13(6-9(14)15)7-10(16)17/h8H,2-7H2,1H3,(H,14,15)(H,16,17). The van der Waals surface area contributed by atoms with Crippen molar-refractivity contribution in [2.75, 3.05) is 32.8 Å². The fraction of sp³-hybridized carbons (Fsp3) is 0.727. The first-order valence-corrected chi connectivity index (χ1v) is 6.03. The van der Waals surface area contributed by atoms with Crippen LogP contribution in [-0.2, 0) is 14.3 Å². The Bertz CT molecular complexity index is 343. The summed E-state index contributed by atoms with van der Waals surface area (Å²) in [5.74, 6) is -2.48. The van der Waals surface area contributed by atoms with Gasteiger partial charge in [-0.1, -0.05) is 6.92 Å². The minimum Gasteiger partial charge on any atom is -0.480 e. The van der Waals surface area contributed by atoms with Crippen LogP contribution in [0.1, 0.15) is 13.3 Å². The number of urea groups is 1. The van der Waals surface area contributed by atoms with Crippen molar-refractivity contribution < 1.29 is 29.3 Å². The second-order valence-electron chi connectivity index (χ2n) is 4.27. The number of ether oxygens (including phenoxy) is 1. The van der Waals surface area contributed by atoms with Gasteiger partial charge < -0.3 is 24.7 Å². The number of rotatable bonds is 5. The van der Waals surface area contributed by atoms with Crippen LogP contribution in [0.5, 0.6) is 0 Å². The zero-order chi connectivity index (χ0) is 14.4. The van der Waals surface area contributed by atoms with Gasteiger partial charge in [0.2, 0.25) is 0 Å². The summed E-state index contributed by atoms with van der Waals surface area (Å²) in [6.07, 6.45) is 0.649. The number of nitrogens with zero attached hydrogens (tertiary/aromatic N) is 2. The van der Waals surface area contributed by atoms with Crippen LogP contribution in [0.15, 0.2) is 0 Å². The van der Waals surface area contributed by atoms with E-state index < -0.39 is 31.1 Å². The average molecular weight is 274 g/mol. The lowest BCUT2D eigenvalue weighted by molar-refractivity contribution is -0.140. The van der Waals surface area contributed by atoms with Gasteiger partial charge in [0.05, 0.1) is 12.7 Å². The summed E-state index contributed by atoms with van der Waals surface area (Å²) in [6.45, 7) is 1.73. The Morgan fingerprint density at radius 3 is 2.32 bits per heavy atom. The predicted octanol–water partition coefficient (Wildman–Crippen LogP) is -0.312. The average Bonchev–Trinajstić information content (AvgIpc) is 2.36. The van der Waals surface area contributed by atoms with E-state index in [-0.39, 0.29) is 6.10 Å². The molecule has 0 saturated carbocycles. The zero-order valence-electron chi connectivity index (χ0n) is 10.7. The largest absolute Gasteiger partial charge is 0.480 e. The van der Waals surface area contributed by atoms with E-state index in [2.05, 4.69) is 0 Å². The summed E-state index contributed by atoms with van der Waals surface area (Å²) >= 11 is 0. The Morgan fingerprint density at radius 2 is 1.84 bits per heavy atom. The number of hydrogen-bond acceptors (Lipinski definition) is 4. The highest BCUT2D eigenvalue weighted by Crippen LogP contribution is 2.10. The van der Waals surface area contributed by atoms with E-state index in [9.17, 15) is 14.4 Å². The van der Waals surface area contributed by atoms with Crippen molar-refractivity contribution in [2.24, 2.45) is 0 Å². The first-order valence-electron chi connectivity index (χ1n) is 6.03. The number of morpholine rings is 1. The van der Waals surface area contributed by atoms with Crippen LogP contribution < -0.4 is 0 Å². The number of carbonyl (C=O) groups is 3. The van der Waals surface area contributed by atoms with Crippen LogP contribution in [0, 0.1) is 0 Å². The zero-order valence-corrected chi connectivity index (χ0v) is 10.7. The van der Waals surface area contributed by atoms with Crippen LogP contribution >= 0.6 is 0 Å². The Hall–Kier alpha value is -1.83. The number of hydrogen-bond donors (Lipinski definition) is 2. The maximum Gasteiger partial charge on any atom is 0.323 e. The predicted molar refractivity (Wildman–Crippen MR) is 63.8 cm³/mol. The molecule has 8 heteroatoms. The van der Waals surface area contributed by atoms with E-state index in [0.29, 0.717) is 19.7 Å². The summed E-state index contributed by atoms with van der Waals surface area (Å²) in [7, 11) is 0. The number of carbonyl (C=O) groups excluding carboxylic acids is 1. The molecule has 1 rings (SSSR count). The number of carboxylic acid groups (broad SMARTS) is 2. The molecule has 0 spiro atoms. The van der Waals surface area contributed by atoms with Gasteiger partial charge in [-0.15, -0.1) is 0 Å². The summed E-state index contributed by atoms with van der Waals surface area (Å²) in [5, 5.41) is 17.4. The molecule has 1 aliphatic heterocycles. The second-order valence-corrected chi connectivity index (χ2v) is 4.27. The third-order valence-electron chi connectivity index (χ3n) is 2.79. The quantitative estimate of drug-likeness (QED) is 0.712. The van der Waals surface area contributed by atoms with Crippen LogP contribution in [0.25, 0.3) is 0 Å². The van der Waals surface area contributed by atoms with Crippen molar-refractivity contribution in [3.8, 4) is 0 Å². The molecule has 1 fully saturated rings. The molecule has 1 heterocycles. The molecule has 108 valence electrons. The molecule has 0 aromatic carbocycles. The normalized spacial score (nSPS) is 19.0. The molecule has 2 amide bonds. The molecule has 19 heavy (non-hydrogen) atoms. The molecule has 0 aromatic heterocycles. The Kier molecular flexibility index (Phi) is 5.56. The first-order chi connectivity index (χ1) is 8.93. The summed E-state index contributed by atoms with van der Waals surface area (Å²) in [4.78, 5) is 35.7. The molecular formula is C11H18N2O6. The molecule has 1 saturated heterocycles. The third-order valence-corrected chi connectivity index (χ3v) is 2.79. The van der Waals surface area contributed by atoms with Crippen molar-refractivity contribution in [3.63, 3.8) is 0 Å². The fourth-order valence-electron chi connectivity index (χ4n) is 1.86. The molecule has 0 aliphatic carbocycles. The van der Waals surface area contributed by atoms with Crippen LogP contribution in [0.2, 0.25) is 0 Å². The Balaban J connectivity index is 2.68. The maximum atomic E-state index is 12.1. The summed E-state index contributed by atoms with van der Waals surface area (Å²) < 4.78 is 5.40. The van der Waals surface area contributed by atoms with E-state index in [1.54, 1.807) is 0 Å². The lowest BCUT2D eigenvalue weighted by atomic mass is 10.2. The molecule has 0 bridgehead atoms. The minimum atomic E-state index is -1.24. The van der Waals surface area contributed by atoms with E-state index in [0.717, 1.165) is 11.3 Å². The van der Waals surface area contributed by atoms with Crippen LogP contribution in [0.3, 0.4) is 0 Å². The molecule has 1 aliphatic rings. The van der Waals surface area contributed by atoms with Crippen molar-refractivity contribution in [3.05, 3.63) is 0 Å². The summed E-state index contributed by atoms with van der Waals surface area (Å²) in [5.41, 5.74) is 0. The van der Waals surface area contributed by atoms with E-state index in [4.69, 9.17) is 14.9 Å². The number of carboxylic acids is 2. The van der Waals surface area contributed by atoms with Gasteiger partial charge in [0, 0.05) is 13.1 Å². The van der Waals surface area contributed by atoms with Gasteiger partial charge in [-0.3, -0.25) is 9.59 Å². The number of amides is 2. The Labute approximate surface area is 110 Å². The highest BCUT2D eigenvalue weighted by molar-refractivity contribution is 5.84. The molecular weight excluding hydrogens is 256 g/mol. The van der Waals surface area contributed by atoms with Crippen molar-refractivity contribution >= 4 is 18.0 Å². The molecule has 2 N–H and O–H groups in total. The van der Waals surface area contributed by atoms with Crippen molar-refractivity contribution in [2.45, 2.75) is 19.4 Å². The molecule has 0 aromatic rings. The fourth-order valence-corrected chi connectivity index (χ4v) is 1.86. The van der Waals surface area contributed by atoms with Gasteiger partial charge in [0.15, 0.2) is 0 Å². The van der Waals surface area contributed by atoms with E-state index in [1.165, 1.54) is 4.90 Å². The highest BCUT2D eigenvalue weighted by Gasteiger charge is 2.28. The second kappa shape index (κ2) is 6.93. The lowest BCUT2D eigenvalue weighted by Crippen LogP contribution is -2.53. The first kappa shape index (κ1) is 15.2. The van der Waals surface area contributed by atoms with Gasteiger partial charge in [-0.05, 0) is 6.42 Å². The highest BCUT2D eigenvalue weighted by atomic mass is 16.5. The molecule has 8 nitrogen and oxygen atoms in total. The minimum absolute atomic E-state index is 0.0887. The van der Waals surface area contributed by atoms with Gasteiger partial charge >= 0.3 is 18.0 Å². The molecule has 0 radical (unpaired) electrons. The molecule has 1 unspecified atom stereocenters. The van der Waals surface area contributed by atoms with Gasteiger partial charge in [0.25, 0.3) is 0 Å². The lowest BCUT2D eigenvalue weighted by Gasteiger charge is -2.35. The van der Waals surface area contributed by atoms with Gasteiger partial charge in [-0.25, -0.2) is 4.79 Å². The monoisotopic (exact) mass is 274 g/mol. The van der Waals surface area contributed by atoms with E-state index >= 15 is 0 Å². The Morgan fingerprint density at radius 1 is 1.26 bits per heavy atom. The van der Waals surface area contributed by atoms with Gasteiger partial charge in [0.1, 0.15) is 13.1 Å². The number of aliphatic carboxylic acids is 2. The van der Waals surface area contributed by atoms with Gasteiger partial charge in [-0.2, -0.15) is 0 Å². The smallest absolute Gasteiger partial charge is 0.323 e. The van der Waals surface area contributed by atoms with Crippen LogP contribution in [0.4, 0.5) is 4.79 Å². The van der Waals surface area contributed by atoms with Crippen molar-refractivity contribution in [1.29, 1.82) is 0 Å². The van der Waals surface area contributed by atoms with Crippen LogP contribution in [-0.4, -0.2) is 76.9 Å².